The van der Waals surface area contributed by atoms with Gasteiger partial charge in [-0.3, -0.25) is 0 Å². The van der Waals surface area contributed by atoms with Crippen molar-refractivity contribution in [2.24, 2.45) is 0 Å². The van der Waals surface area contributed by atoms with E-state index in [-0.39, 0.29) is 0 Å². The summed E-state index contributed by atoms with van der Waals surface area (Å²) in [4.78, 5) is 0. The summed E-state index contributed by atoms with van der Waals surface area (Å²) in [5.41, 5.74) is 0.840. The molecular weight excluding hydrogens is 260 g/mol. The van der Waals surface area contributed by atoms with Gasteiger partial charge in [0.15, 0.2) is 0 Å². The predicted molar refractivity (Wildman–Crippen MR) is 75.5 cm³/mol. The third-order valence-corrected chi connectivity index (χ3v) is 2.52. The Labute approximate surface area is 120 Å². The molecule has 116 valence electrons. The Morgan fingerprint density at radius 1 is 1.10 bits per heavy atom. The fourth-order valence-corrected chi connectivity index (χ4v) is 1.49. The Bertz CT molecular complexity index is 333. The molecule has 0 aliphatic carbocycles. The second-order valence-corrected chi connectivity index (χ2v) is 4.35. The molecule has 0 aliphatic rings. The summed E-state index contributed by atoms with van der Waals surface area (Å²) in [6.45, 7) is 7.45. The van der Waals surface area contributed by atoms with Gasteiger partial charge in [0.2, 0.25) is 0 Å². The van der Waals surface area contributed by atoms with Crippen LogP contribution in [0, 0.1) is 0 Å². The number of aromatic nitrogens is 3. The highest BCUT2D eigenvalue weighted by Gasteiger charge is 2.00. The van der Waals surface area contributed by atoms with Gasteiger partial charge >= 0.3 is 0 Å². The van der Waals surface area contributed by atoms with E-state index in [1.807, 2.05) is 13.2 Å². The van der Waals surface area contributed by atoms with Crippen LogP contribution in [0.15, 0.2) is 6.20 Å². The molecule has 0 spiro atoms. The summed E-state index contributed by atoms with van der Waals surface area (Å²) in [6, 6.07) is 0. The van der Waals surface area contributed by atoms with Crippen LogP contribution < -0.4 is 5.32 Å². The number of hydrogen-bond acceptors (Lipinski definition) is 6. The van der Waals surface area contributed by atoms with Crippen LogP contribution in [0.3, 0.4) is 0 Å². The van der Waals surface area contributed by atoms with E-state index in [0.29, 0.717) is 39.6 Å². The van der Waals surface area contributed by atoms with E-state index in [1.54, 1.807) is 4.68 Å². The first-order valence-electron chi connectivity index (χ1n) is 7.13. The zero-order valence-corrected chi connectivity index (χ0v) is 12.5. The summed E-state index contributed by atoms with van der Waals surface area (Å²) in [7, 11) is 1.90. The lowest BCUT2D eigenvalue weighted by Gasteiger charge is -2.04. The Morgan fingerprint density at radius 2 is 1.90 bits per heavy atom. The average Bonchev–Trinajstić information content (AvgIpc) is 2.90. The number of nitrogens with one attached hydrogen (secondary N) is 1. The van der Waals surface area contributed by atoms with Crippen LogP contribution in [-0.4, -0.2) is 61.6 Å². The second-order valence-electron chi connectivity index (χ2n) is 4.35. The first kappa shape index (κ1) is 17.0. The van der Waals surface area contributed by atoms with Crippen LogP contribution in [0.5, 0.6) is 0 Å². The lowest BCUT2D eigenvalue weighted by atomic mass is 10.5. The van der Waals surface area contributed by atoms with Gasteiger partial charge in [0, 0.05) is 13.2 Å². The maximum absolute atomic E-state index is 5.45. The highest BCUT2D eigenvalue weighted by Crippen LogP contribution is 1.96. The number of hydrogen-bond donors (Lipinski definition) is 1. The van der Waals surface area contributed by atoms with E-state index in [4.69, 9.17) is 14.2 Å². The van der Waals surface area contributed by atoms with E-state index in [1.165, 1.54) is 0 Å². The monoisotopic (exact) mass is 286 g/mol. The van der Waals surface area contributed by atoms with Crippen molar-refractivity contribution < 1.29 is 14.2 Å². The van der Waals surface area contributed by atoms with E-state index >= 15 is 0 Å². The molecule has 7 nitrogen and oxygen atoms in total. The lowest BCUT2D eigenvalue weighted by Crippen LogP contribution is -2.14. The van der Waals surface area contributed by atoms with Crippen LogP contribution in [0.2, 0.25) is 0 Å². The molecule has 0 aliphatic heterocycles. The van der Waals surface area contributed by atoms with Gasteiger partial charge in [0.25, 0.3) is 0 Å². The molecule has 20 heavy (non-hydrogen) atoms. The molecule has 0 radical (unpaired) electrons. The van der Waals surface area contributed by atoms with E-state index in [9.17, 15) is 0 Å². The summed E-state index contributed by atoms with van der Waals surface area (Å²) in [5, 5.41) is 11.1. The molecule has 0 saturated heterocycles. The Hall–Kier alpha value is -1.02. The highest BCUT2D eigenvalue weighted by atomic mass is 16.5. The minimum Gasteiger partial charge on any atom is -0.379 e. The third kappa shape index (κ3) is 8.21. The van der Waals surface area contributed by atoms with Crippen LogP contribution in [0.25, 0.3) is 0 Å². The van der Waals surface area contributed by atoms with Gasteiger partial charge in [-0.25, -0.2) is 4.68 Å². The number of likely N-dealkylation sites (N-methyl/N-ethyl adjacent to an activating group) is 1. The van der Waals surface area contributed by atoms with Crippen molar-refractivity contribution in [3.63, 3.8) is 0 Å². The van der Waals surface area contributed by atoms with Crippen molar-refractivity contribution in [3.8, 4) is 0 Å². The molecule has 1 aromatic heterocycles. The fourth-order valence-electron chi connectivity index (χ4n) is 1.49. The van der Waals surface area contributed by atoms with E-state index < -0.39 is 0 Å². The molecule has 7 heteroatoms. The quantitative estimate of drug-likeness (QED) is 0.531. The van der Waals surface area contributed by atoms with Crippen molar-refractivity contribution in [1.29, 1.82) is 0 Å². The molecule has 0 bridgehead atoms. The number of ether oxygens (including phenoxy) is 3. The minimum atomic E-state index is 0.493. The van der Waals surface area contributed by atoms with Gasteiger partial charge in [-0.05, 0) is 13.5 Å². The molecule has 0 amide bonds. The standard InChI is InChI=1S/C13H26N4O3/c1-3-6-18-9-10-19-8-5-17-11-13(15-16-17)12-20-7-4-14-2/h11,14H,3-10,12H2,1-2H3. The van der Waals surface area contributed by atoms with E-state index in [2.05, 4.69) is 22.6 Å². The molecule has 1 aromatic rings. The van der Waals surface area contributed by atoms with Gasteiger partial charge in [-0.1, -0.05) is 12.1 Å². The topological polar surface area (TPSA) is 70.4 Å². The molecule has 0 atom stereocenters. The van der Waals surface area contributed by atoms with Crippen molar-refractivity contribution in [2.75, 3.05) is 46.6 Å². The third-order valence-electron chi connectivity index (χ3n) is 2.52. The summed E-state index contributed by atoms with van der Waals surface area (Å²) in [5.74, 6) is 0. The van der Waals surface area contributed by atoms with Crippen LogP contribution in [0.4, 0.5) is 0 Å². The molecule has 1 rings (SSSR count). The summed E-state index contributed by atoms with van der Waals surface area (Å²) >= 11 is 0. The van der Waals surface area contributed by atoms with Crippen LogP contribution in [0.1, 0.15) is 19.0 Å². The first-order chi connectivity index (χ1) is 9.86. The van der Waals surface area contributed by atoms with Gasteiger partial charge in [0.1, 0.15) is 5.69 Å². The zero-order valence-electron chi connectivity index (χ0n) is 12.5. The normalized spacial score (nSPS) is 11.1. The van der Waals surface area contributed by atoms with Crippen molar-refractivity contribution >= 4 is 0 Å². The van der Waals surface area contributed by atoms with Crippen LogP contribution in [-0.2, 0) is 27.4 Å². The predicted octanol–water partition coefficient (Wildman–Crippen LogP) is 0.457. The molecule has 0 fully saturated rings. The highest BCUT2D eigenvalue weighted by molar-refractivity contribution is 4.89. The molecule has 0 unspecified atom stereocenters. The van der Waals surface area contributed by atoms with Crippen molar-refractivity contribution in [3.05, 3.63) is 11.9 Å². The van der Waals surface area contributed by atoms with Gasteiger partial charge in [-0.15, -0.1) is 5.10 Å². The van der Waals surface area contributed by atoms with Gasteiger partial charge in [0.05, 0.1) is 45.8 Å². The maximum Gasteiger partial charge on any atom is 0.108 e. The van der Waals surface area contributed by atoms with Crippen molar-refractivity contribution in [2.45, 2.75) is 26.5 Å². The zero-order chi connectivity index (χ0) is 14.5. The summed E-state index contributed by atoms with van der Waals surface area (Å²) in [6.07, 6.45) is 2.93. The SMILES string of the molecule is CCCOCCOCCn1cc(COCCNC)nn1. The maximum atomic E-state index is 5.45. The second kappa shape index (κ2) is 11.8. The molecule has 1 heterocycles. The van der Waals surface area contributed by atoms with Gasteiger partial charge in [-0.2, -0.15) is 0 Å². The van der Waals surface area contributed by atoms with Crippen molar-refractivity contribution in [1.82, 2.24) is 20.3 Å². The average molecular weight is 286 g/mol. The summed E-state index contributed by atoms with van der Waals surface area (Å²) < 4.78 is 18.0. The first-order valence-corrected chi connectivity index (χ1v) is 7.13. The number of nitrogens with zero attached hydrogens (tertiary/aromatic N) is 3. The molecule has 1 N–H and O–H groups in total. The number of rotatable bonds is 13. The smallest absolute Gasteiger partial charge is 0.108 e. The van der Waals surface area contributed by atoms with Gasteiger partial charge < -0.3 is 19.5 Å². The Morgan fingerprint density at radius 3 is 2.65 bits per heavy atom. The molecule has 0 saturated carbocycles. The van der Waals surface area contributed by atoms with Crippen LogP contribution >= 0.6 is 0 Å². The van der Waals surface area contributed by atoms with E-state index in [0.717, 1.165) is 25.3 Å². The largest absolute Gasteiger partial charge is 0.379 e. The fraction of sp³-hybridized carbons (Fsp3) is 0.846. The Balaban J connectivity index is 2.02. The lowest BCUT2D eigenvalue weighted by molar-refractivity contribution is 0.0441. The minimum absolute atomic E-state index is 0.493. The molecular formula is C13H26N4O3. The Kier molecular flexibility index (Phi) is 10.0. The molecule has 0 aromatic carbocycles.